The summed E-state index contributed by atoms with van der Waals surface area (Å²) in [7, 11) is 0. The molecule has 2 rings (SSSR count). The van der Waals surface area contributed by atoms with E-state index < -0.39 is 0 Å². The van der Waals surface area contributed by atoms with Crippen molar-refractivity contribution in [2.45, 2.75) is 0 Å². The average Bonchev–Trinajstić information content (AvgIpc) is 2.33. The van der Waals surface area contributed by atoms with Gasteiger partial charge in [-0.25, -0.2) is 0 Å². The van der Waals surface area contributed by atoms with Crippen molar-refractivity contribution in [1.82, 2.24) is 4.98 Å². The molecule has 17 heavy (non-hydrogen) atoms. The third kappa shape index (κ3) is 3.05. The van der Waals surface area contributed by atoms with Crippen LogP contribution >= 0.6 is 27.5 Å². The second-order valence-electron chi connectivity index (χ2n) is 3.31. The monoisotopic (exact) mass is 310 g/mol. The molecule has 2 aromatic rings. The van der Waals surface area contributed by atoms with Crippen LogP contribution in [0.2, 0.25) is 5.02 Å². The van der Waals surface area contributed by atoms with Crippen LogP contribution in [0, 0.1) is 0 Å². The first-order chi connectivity index (χ1) is 8.16. The number of aromatic nitrogens is 1. The van der Waals surface area contributed by atoms with E-state index in [1.807, 2.05) is 0 Å². The Labute approximate surface area is 112 Å². The Hall–Kier alpha value is -1.39. The summed E-state index contributed by atoms with van der Waals surface area (Å²) in [5, 5.41) is 3.16. The molecule has 0 radical (unpaired) electrons. The highest BCUT2D eigenvalue weighted by molar-refractivity contribution is 9.10. The molecule has 1 heterocycles. The molecule has 0 atom stereocenters. The molecule has 5 heteroatoms. The van der Waals surface area contributed by atoms with Gasteiger partial charge in [0.2, 0.25) is 0 Å². The van der Waals surface area contributed by atoms with Crippen molar-refractivity contribution in [1.29, 1.82) is 0 Å². The second kappa shape index (κ2) is 5.29. The number of carbonyl (C=O) groups excluding carboxylic acids is 1. The lowest BCUT2D eigenvalue weighted by molar-refractivity contribution is 0.102. The van der Waals surface area contributed by atoms with Crippen LogP contribution in [0.5, 0.6) is 0 Å². The highest BCUT2D eigenvalue weighted by atomic mass is 79.9. The number of benzene rings is 1. The summed E-state index contributed by atoms with van der Waals surface area (Å²) >= 11 is 9.26. The summed E-state index contributed by atoms with van der Waals surface area (Å²) < 4.78 is 0.807. The fourth-order valence-corrected chi connectivity index (χ4v) is 1.87. The van der Waals surface area contributed by atoms with Crippen molar-refractivity contribution in [2.75, 3.05) is 5.32 Å². The van der Waals surface area contributed by atoms with Crippen LogP contribution in [0.3, 0.4) is 0 Å². The molecule has 1 N–H and O–H groups in total. The van der Waals surface area contributed by atoms with Gasteiger partial charge in [0.05, 0.1) is 10.6 Å². The molecular formula is C12H8BrClN2O. The van der Waals surface area contributed by atoms with Gasteiger partial charge in [-0.3, -0.25) is 9.78 Å². The Morgan fingerprint density at radius 3 is 2.65 bits per heavy atom. The van der Waals surface area contributed by atoms with Gasteiger partial charge in [-0.15, -0.1) is 0 Å². The number of nitrogens with zero attached hydrogens (tertiary/aromatic N) is 1. The van der Waals surface area contributed by atoms with E-state index >= 15 is 0 Å². The van der Waals surface area contributed by atoms with E-state index in [0.717, 1.165) is 4.47 Å². The molecule has 0 fully saturated rings. The van der Waals surface area contributed by atoms with Gasteiger partial charge in [0, 0.05) is 22.6 Å². The number of rotatable bonds is 2. The summed E-state index contributed by atoms with van der Waals surface area (Å²) in [6.45, 7) is 0. The van der Waals surface area contributed by atoms with Crippen molar-refractivity contribution in [3.8, 4) is 0 Å². The molecule has 0 saturated carbocycles. The maximum Gasteiger partial charge on any atom is 0.257 e. The maximum atomic E-state index is 12.0. The quantitative estimate of drug-likeness (QED) is 0.918. The summed E-state index contributed by atoms with van der Waals surface area (Å²) in [5.74, 6) is -0.248. The molecule has 0 saturated heterocycles. The minimum Gasteiger partial charge on any atom is -0.322 e. The van der Waals surface area contributed by atoms with E-state index in [1.165, 1.54) is 0 Å². The summed E-state index contributed by atoms with van der Waals surface area (Å²) in [6.07, 6.45) is 3.22. The third-order valence-electron chi connectivity index (χ3n) is 2.11. The number of pyridine rings is 1. The van der Waals surface area contributed by atoms with Crippen molar-refractivity contribution in [3.05, 3.63) is 57.8 Å². The Morgan fingerprint density at radius 2 is 1.94 bits per heavy atom. The van der Waals surface area contributed by atoms with Crippen LogP contribution in [0.4, 0.5) is 5.69 Å². The minimum absolute atomic E-state index is 0.248. The van der Waals surface area contributed by atoms with Crippen LogP contribution in [0.25, 0.3) is 0 Å². The van der Waals surface area contributed by atoms with Crippen LogP contribution < -0.4 is 5.32 Å². The number of hydrogen-bond acceptors (Lipinski definition) is 2. The van der Waals surface area contributed by atoms with Crippen molar-refractivity contribution >= 4 is 39.1 Å². The molecule has 1 aromatic carbocycles. The summed E-state index contributed by atoms with van der Waals surface area (Å²) in [6, 6.07) is 8.56. The summed E-state index contributed by atoms with van der Waals surface area (Å²) in [4.78, 5) is 15.8. The lowest BCUT2D eigenvalue weighted by atomic mass is 10.2. The zero-order chi connectivity index (χ0) is 12.3. The van der Waals surface area contributed by atoms with Crippen molar-refractivity contribution in [3.63, 3.8) is 0 Å². The molecule has 0 bridgehead atoms. The molecule has 1 amide bonds. The summed E-state index contributed by atoms with van der Waals surface area (Å²) in [5.41, 5.74) is 1.11. The number of nitrogens with one attached hydrogen (secondary N) is 1. The van der Waals surface area contributed by atoms with Gasteiger partial charge in [0.15, 0.2) is 0 Å². The lowest BCUT2D eigenvalue weighted by Gasteiger charge is -2.06. The fourth-order valence-electron chi connectivity index (χ4n) is 1.31. The third-order valence-corrected chi connectivity index (χ3v) is 2.93. The zero-order valence-corrected chi connectivity index (χ0v) is 11.0. The molecule has 0 aliphatic heterocycles. The topological polar surface area (TPSA) is 42.0 Å². The number of amides is 1. The largest absolute Gasteiger partial charge is 0.322 e. The van der Waals surface area contributed by atoms with Crippen molar-refractivity contribution in [2.24, 2.45) is 0 Å². The molecule has 0 aliphatic carbocycles. The average molecular weight is 312 g/mol. The van der Waals surface area contributed by atoms with E-state index in [2.05, 4.69) is 26.2 Å². The molecule has 0 unspecified atom stereocenters. The van der Waals surface area contributed by atoms with E-state index in [-0.39, 0.29) is 5.91 Å². The molecule has 0 spiro atoms. The van der Waals surface area contributed by atoms with E-state index in [4.69, 9.17) is 11.6 Å². The first-order valence-electron chi connectivity index (χ1n) is 4.83. The van der Waals surface area contributed by atoms with Crippen LogP contribution in [-0.2, 0) is 0 Å². The van der Waals surface area contributed by atoms with Gasteiger partial charge in [-0.1, -0.05) is 27.5 Å². The first kappa shape index (κ1) is 12.1. The SMILES string of the molecule is O=C(Nc1ccncc1)c1cc(Br)ccc1Cl. The Bertz CT molecular complexity index is 545. The fraction of sp³-hybridized carbons (Fsp3) is 0. The van der Waals surface area contributed by atoms with Crippen molar-refractivity contribution < 1.29 is 4.79 Å². The van der Waals surface area contributed by atoms with E-state index in [0.29, 0.717) is 16.3 Å². The first-order valence-corrected chi connectivity index (χ1v) is 6.00. The molecule has 86 valence electrons. The zero-order valence-electron chi connectivity index (χ0n) is 8.65. The maximum absolute atomic E-state index is 12.0. The Balaban J connectivity index is 2.23. The molecule has 1 aromatic heterocycles. The standard InChI is InChI=1S/C12H8BrClN2O/c13-8-1-2-11(14)10(7-8)12(17)16-9-3-5-15-6-4-9/h1-7H,(H,15,16,17). The molecule has 3 nitrogen and oxygen atoms in total. The van der Waals surface area contributed by atoms with Gasteiger partial charge >= 0.3 is 0 Å². The van der Waals surface area contributed by atoms with Crippen LogP contribution in [0.1, 0.15) is 10.4 Å². The highest BCUT2D eigenvalue weighted by Gasteiger charge is 2.10. The Morgan fingerprint density at radius 1 is 1.24 bits per heavy atom. The number of carbonyl (C=O) groups is 1. The van der Waals surface area contributed by atoms with Gasteiger partial charge < -0.3 is 5.32 Å². The minimum atomic E-state index is -0.248. The lowest BCUT2D eigenvalue weighted by Crippen LogP contribution is -2.12. The van der Waals surface area contributed by atoms with Gasteiger partial charge in [-0.2, -0.15) is 0 Å². The number of halogens is 2. The molecular weight excluding hydrogens is 304 g/mol. The molecule has 0 aliphatic rings. The highest BCUT2D eigenvalue weighted by Crippen LogP contribution is 2.22. The van der Waals surface area contributed by atoms with E-state index in [9.17, 15) is 4.79 Å². The Kier molecular flexibility index (Phi) is 3.76. The van der Waals surface area contributed by atoms with Gasteiger partial charge in [-0.05, 0) is 30.3 Å². The van der Waals surface area contributed by atoms with E-state index in [1.54, 1.807) is 42.7 Å². The normalized spacial score (nSPS) is 10.0. The van der Waals surface area contributed by atoms with Gasteiger partial charge in [0.25, 0.3) is 5.91 Å². The predicted molar refractivity (Wildman–Crippen MR) is 71.3 cm³/mol. The number of hydrogen-bond donors (Lipinski definition) is 1. The van der Waals surface area contributed by atoms with Gasteiger partial charge in [0.1, 0.15) is 0 Å². The van der Waals surface area contributed by atoms with Crippen LogP contribution in [0.15, 0.2) is 47.2 Å². The second-order valence-corrected chi connectivity index (χ2v) is 4.64. The predicted octanol–water partition coefficient (Wildman–Crippen LogP) is 3.75. The van der Waals surface area contributed by atoms with Crippen LogP contribution in [-0.4, -0.2) is 10.9 Å². The smallest absolute Gasteiger partial charge is 0.257 e. The number of anilines is 1.